The lowest BCUT2D eigenvalue weighted by Gasteiger charge is -2.11. The van der Waals surface area contributed by atoms with Gasteiger partial charge in [-0.15, -0.1) is 0 Å². The van der Waals surface area contributed by atoms with Crippen molar-refractivity contribution in [3.8, 4) is 0 Å². The monoisotopic (exact) mass is 261 g/mol. The summed E-state index contributed by atoms with van der Waals surface area (Å²) in [6.45, 7) is 6.40. The first kappa shape index (κ1) is 13.2. The maximum atomic E-state index is 10.3. The lowest BCUT2D eigenvalue weighted by Crippen LogP contribution is -2.00. The van der Waals surface area contributed by atoms with E-state index >= 15 is 0 Å². The zero-order chi connectivity index (χ0) is 13.1. The lowest BCUT2D eigenvalue weighted by atomic mass is 9.99. The molecule has 3 heteroatoms. The van der Waals surface area contributed by atoms with Crippen molar-refractivity contribution in [2.24, 2.45) is 5.92 Å². The minimum atomic E-state index is -0.550. The second-order valence-corrected chi connectivity index (χ2v) is 5.95. The minimum absolute atomic E-state index is 0.550. The van der Waals surface area contributed by atoms with Crippen LogP contribution in [-0.4, -0.2) is 9.48 Å². The molecule has 0 radical (unpaired) electrons. The number of hydrogen-bond donors (Lipinski definition) is 1. The van der Waals surface area contributed by atoms with Gasteiger partial charge in [0, 0.05) is 6.20 Å². The normalized spacial score (nSPS) is 12.9. The Morgan fingerprint density at radius 2 is 1.89 bits per heavy atom. The molecule has 0 spiro atoms. The number of aliphatic hydroxyl groups is 1. The summed E-state index contributed by atoms with van der Waals surface area (Å²) in [4.78, 5) is 0.937. The van der Waals surface area contributed by atoms with Gasteiger partial charge in [-0.2, -0.15) is 0 Å². The van der Waals surface area contributed by atoms with E-state index in [2.05, 4.69) is 30.4 Å². The highest BCUT2D eigenvalue weighted by Crippen LogP contribution is 2.27. The summed E-state index contributed by atoms with van der Waals surface area (Å²) in [6, 6.07) is 8.24. The first-order valence-corrected chi connectivity index (χ1v) is 7.03. The molecule has 0 unspecified atom stereocenters. The topological polar surface area (TPSA) is 33.1 Å². The maximum Gasteiger partial charge on any atom is 0.115 e. The number of aliphatic hydroxyl groups excluding tert-OH is 1. The molecule has 18 heavy (non-hydrogen) atoms. The molecule has 2 aromatic rings. The molecule has 0 amide bonds. The zero-order valence-corrected chi connectivity index (χ0v) is 11.9. The number of nitrogens with zero attached hydrogens (tertiary/aromatic N) is 1. The molecule has 96 valence electrons. The third kappa shape index (κ3) is 2.98. The summed E-state index contributed by atoms with van der Waals surface area (Å²) in [5.41, 5.74) is 3.32. The van der Waals surface area contributed by atoms with Crippen LogP contribution in [0.1, 0.15) is 41.5 Å². The highest BCUT2D eigenvalue weighted by molar-refractivity contribution is 7.06. The highest BCUT2D eigenvalue weighted by atomic mass is 32.1. The van der Waals surface area contributed by atoms with E-state index in [0.717, 1.165) is 22.4 Å². The molecule has 1 aromatic carbocycles. The number of aryl methyl sites for hydroxylation is 1. The number of benzene rings is 1. The van der Waals surface area contributed by atoms with Gasteiger partial charge in [-0.3, -0.25) is 0 Å². The van der Waals surface area contributed by atoms with E-state index in [9.17, 15) is 5.11 Å². The molecular weight excluding hydrogens is 242 g/mol. The molecule has 0 aliphatic rings. The van der Waals surface area contributed by atoms with Gasteiger partial charge in [0.15, 0.2) is 0 Å². The lowest BCUT2D eigenvalue weighted by molar-refractivity contribution is 0.223. The Kier molecular flexibility index (Phi) is 4.15. The van der Waals surface area contributed by atoms with Crippen molar-refractivity contribution in [3.63, 3.8) is 0 Å². The van der Waals surface area contributed by atoms with Gasteiger partial charge in [0.1, 0.15) is 6.10 Å². The Bertz CT molecular complexity index is 501. The molecule has 0 saturated heterocycles. The summed E-state index contributed by atoms with van der Waals surface area (Å²) >= 11 is 1.37. The standard InChI is InChI=1S/C15H19NOS/c1-10(2)8-12-4-6-13(7-5-12)14(17)15-11(3)9-16-18-15/h4-7,9-10,14,17H,8H2,1-3H3/t14-/m0/s1. The van der Waals surface area contributed by atoms with Gasteiger partial charge in [-0.25, -0.2) is 4.37 Å². The van der Waals surface area contributed by atoms with Crippen molar-refractivity contribution in [3.05, 3.63) is 52.0 Å². The quantitative estimate of drug-likeness (QED) is 0.909. The third-order valence-electron chi connectivity index (χ3n) is 2.97. The van der Waals surface area contributed by atoms with E-state index in [1.807, 2.05) is 19.1 Å². The van der Waals surface area contributed by atoms with Crippen molar-refractivity contribution in [1.29, 1.82) is 0 Å². The summed E-state index contributed by atoms with van der Waals surface area (Å²) < 4.78 is 4.11. The molecule has 0 saturated carbocycles. The molecule has 2 nitrogen and oxygen atoms in total. The Labute approximate surface area is 112 Å². The van der Waals surface area contributed by atoms with E-state index in [1.165, 1.54) is 17.1 Å². The van der Waals surface area contributed by atoms with E-state index in [0.29, 0.717) is 5.92 Å². The van der Waals surface area contributed by atoms with Gasteiger partial charge in [0.2, 0.25) is 0 Å². The van der Waals surface area contributed by atoms with Crippen LogP contribution in [0.4, 0.5) is 0 Å². The molecule has 1 heterocycles. The van der Waals surface area contributed by atoms with Gasteiger partial charge < -0.3 is 5.11 Å². The highest BCUT2D eigenvalue weighted by Gasteiger charge is 2.15. The Hall–Kier alpha value is -1.19. The number of aromatic nitrogens is 1. The van der Waals surface area contributed by atoms with Crippen molar-refractivity contribution < 1.29 is 5.11 Å². The van der Waals surface area contributed by atoms with Gasteiger partial charge in [0.25, 0.3) is 0 Å². The second-order valence-electron chi connectivity index (χ2n) is 5.12. The average molecular weight is 261 g/mol. The molecule has 1 atom stereocenters. The molecule has 1 aromatic heterocycles. The summed E-state index contributed by atoms with van der Waals surface area (Å²) in [5, 5.41) is 10.3. The molecule has 0 aliphatic carbocycles. The van der Waals surface area contributed by atoms with Crippen molar-refractivity contribution in [1.82, 2.24) is 4.37 Å². The van der Waals surface area contributed by atoms with E-state index < -0.39 is 6.10 Å². The SMILES string of the molecule is Cc1cnsc1[C@@H](O)c1ccc(CC(C)C)cc1. The van der Waals surface area contributed by atoms with Crippen LogP contribution in [0.3, 0.4) is 0 Å². The maximum absolute atomic E-state index is 10.3. The summed E-state index contributed by atoms with van der Waals surface area (Å²) in [6.07, 6.45) is 2.33. The average Bonchev–Trinajstić information content (AvgIpc) is 2.75. The van der Waals surface area contributed by atoms with Crippen molar-refractivity contribution in [2.75, 3.05) is 0 Å². The van der Waals surface area contributed by atoms with Crippen LogP contribution >= 0.6 is 11.5 Å². The van der Waals surface area contributed by atoms with E-state index in [1.54, 1.807) is 6.20 Å². The molecule has 0 bridgehead atoms. The van der Waals surface area contributed by atoms with E-state index in [-0.39, 0.29) is 0 Å². The van der Waals surface area contributed by atoms with Crippen LogP contribution in [-0.2, 0) is 6.42 Å². The Balaban J connectivity index is 2.17. The first-order chi connectivity index (χ1) is 8.58. The number of rotatable bonds is 4. The van der Waals surface area contributed by atoms with Crippen LogP contribution in [0.15, 0.2) is 30.5 Å². The Morgan fingerprint density at radius 3 is 2.39 bits per heavy atom. The van der Waals surface area contributed by atoms with E-state index in [4.69, 9.17) is 0 Å². The predicted octanol–water partition coefficient (Wildman–Crippen LogP) is 3.73. The fourth-order valence-electron chi connectivity index (χ4n) is 2.02. The molecule has 2 rings (SSSR count). The van der Waals surface area contributed by atoms with Crippen molar-refractivity contribution >= 4 is 11.5 Å². The first-order valence-electron chi connectivity index (χ1n) is 6.26. The van der Waals surface area contributed by atoms with Crippen LogP contribution < -0.4 is 0 Å². The van der Waals surface area contributed by atoms with Gasteiger partial charge in [-0.05, 0) is 47.5 Å². The van der Waals surface area contributed by atoms with Crippen LogP contribution in [0.25, 0.3) is 0 Å². The minimum Gasteiger partial charge on any atom is -0.383 e. The summed E-state index contributed by atoms with van der Waals surface area (Å²) in [5.74, 6) is 0.657. The van der Waals surface area contributed by atoms with Crippen LogP contribution in [0.2, 0.25) is 0 Å². The number of hydrogen-bond acceptors (Lipinski definition) is 3. The van der Waals surface area contributed by atoms with Crippen LogP contribution in [0, 0.1) is 12.8 Å². The predicted molar refractivity (Wildman–Crippen MR) is 75.9 cm³/mol. The second kappa shape index (κ2) is 5.63. The third-order valence-corrected chi connectivity index (χ3v) is 3.93. The van der Waals surface area contributed by atoms with Gasteiger partial charge in [-0.1, -0.05) is 38.1 Å². The smallest absolute Gasteiger partial charge is 0.115 e. The van der Waals surface area contributed by atoms with Crippen molar-refractivity contribution in [2.45, 2.75) is 33.3 Å². The fraction of sp³-hybridized carbons (Fsp3) is 0.400. The fourth-order valence-corrected chi connectivity index (χ4v) is 2.78. The zero-order valence-electron chi connectivity index (χ0n) is 11.1. The van der Waals surface area contributed by atoms with Crippen LogP contribution in [0.5, 0.6) is 0 Å². The van der Waals surface area contributed by atoms with Gasteiger partial charge in [0.05, 0.1) is 4.88 Å². The molecule has 0 fully saturated rings. The van der Waals surface area contributed by atoms with Gasteiger partial charge >= 0.3 is 0 Å². The Morgan fingerprint density at radius 1 is 1.22 bits per heavy atom. The molecule has 1 N–H and O–H groups in total. The molecule has 0 aliphatic heterocycles. The largest absolute Gasteiger partial charge is 0.383 e. The summed E-state index contributed by atoms with van der Waals surface area (Å²) in [7, 11) is 0. The molecular formula is C15H19NOS.